The summed E-state index contributed by atoms with van der Waals surface area (Å²) in [5, 5.41) is 3.13. The van der Waals surface area contributed by atoms with Crippen LogP contribution in [0.5, 0.6) is 0 Å². The lowest BCUT2D eigenvalue weighted by atomic mass is 10.1. The lowest BCUT2D eigenvalue weighted by Gasteiger charge is -2.25. The van der Waals surface area contributed by atoms with E-state index >= 15 is 0 Å². The van der Waals surface area contributed by atoms with Crippen molar-refractivity contribution in [3.05, 3.63) is 0 Å². The van der Waals surface area contributed by atoms with E-state index in [1.54, 1.807) is 6.92 Å². The fourth-order valence-electron chi connectivity index (χ4n) is 1.46. The molecule has 0 saturated heterocycles. The molecular formula is C10H21F3N2. The molecule has 92 valence electrons. The maximum atomic E-state index is 12.1. The number of alkyl halides is 3. The molecule has 0 aliphatic heterocycles. The van der Waals surface area contributed by atoms with Gasteiger partial charge >= 0.3 is 6.18 Å². The molecule has 0 aliphatic rings. The zero-order valence-corrected chi connectivity index (χ0v) is 9.69. The number of hydrogen-bond acceptors (Lipinski definition) is 2. The zero-order valence-electron chi connectivity index (χ0n) is 9.69. The number of nitrogens with zero attached hydrogens (tertiary/aromatic N) is 1. The van der Waals surface area contributed by atoms with Gasteiger partial charge in [-0.1, -0.05) is 20.8 Å². The van der Waals surface area contributed by atoms with Gasteiger partial charge in [-0.05, 0) is 25.6 Å². The number of nitrogens with one attached hydrogen (secondary N) is 1. The van der Waals surface area contributed by atoms with Crippen LogP contribution in [0, 0.1) is 5.92 Å². The van der Waals surface area contributed by atoms with Crippen molar-refractivity contribution >= 4 is 0 Å². The van der Waals surface area contributed by atoms with Gasteiger partial charge in [0.15, 0.2) is 0 Å². The average molecular weight is 226 g/mol. The minimum Gasteiger partial charge on any atom is -0.317 e. The highest BCUT2D eigenvalue weighted by Gasteiger charge is 2.30. The van der Waals surface area contributed by atoms with E-state index in [1.807, 2.05) is 13.8 Å². The Balaban J connectivity index is 3.87. The molecule has 1 atom stereocenters. The molecule has 0 amide bonds. The van der Waals surface area contributed by atoms with Gasteiger partial charge in [0, 0.05) is 6.54 Å². The van der Waals surface area contributed by atoms with Crippen molar-refractivity contribution in [1.82, 2.24) is 10.2 Å². The molecular weight excluding hydrogens is 205 g/mol. The molecule has 0 aromatic rings. The predicted octanol–water partition coefficient (Wildman–Crippen LogP) is 2.12. The van der Waals surface area contributed by atoms with Gasteiger partial charge in [0.1, 0.15) is 0 Å². The third-order valence-corrected chi connectivity index (χ3v) is 2.16. The maximum absolute atomic E-state index is 12.1. The highest BCUT2D eigenvalue weighted by molar-refractivity contribution is 4.66. The topological polar surface area (TPSA) is 15.3 Å². The van der Waals surface area contributed by atoms with Crippen LogP contribution in [0.4, 0.5) is 13.2 Å². The highest BCUT2D eigenvalue weighted by atomic mass is 19.4. The van der Waals surface area contributed by atoms with Gasteiger partial charge in [-0.2, -0.15) is 13.2 Å². The molecule has 0 rings (SSSR count). The van der Waals surface area contributed by atoms with Gasteiger partial charge in [0.25, 0.3) is 0 Å². The molecule has 0 fully saturated rings. The molecule has 0 bridgehead atoms. The minimum atomic E-state index is -4.09. The fourth-order valence-corrected chi connectivity index (χ4v) is 1.46. The van der Waals surface area contributed by atoms with E-state index < -0.39 is 12.7 Å². The first-order chi connectivity index (χ1) is 6.89. The Bertz CT molecular complexity index is 159. The van der Waals surface area contributed by atoms with Crippen LogP contribution in [-0.4, -0.2) is 43.8 Å². The lowest BCUT2D eigenvalue weighted by molar-refractivity contribution is -0.146. The Morgan fingerprint density at radius 1 is 1.27 bits per heavy atom. The van der Waals surface area contributed by atoms with Crippen LogP contribution >= 0.6 is 0 Å². The van der Waals surface area contributed by atoms with E-state index in [1.165, 1.54) is 4.90 Å². The molecule has 0 aromatic carbocycles. The van der Waals surface area contributed by atoms with Gasteiger partial charge in [-0.25, -0.2) is 0 Å². The third-order valence-electron chi connectivity index (χ3n) is 2.16. The van der Waals surface area contributed by atoms with Crippen molar-refractivity contribution in [2.75, 3.05) is 32.7 Å². The van der Waals surface area contributed by atoms with E-state index in [9.17, 15) is 13.2 Å². The number of hydrogen-bond donors (Lipinski definition) is 1. The van der Waals surface area contributed by atoms with Crippen LogP contribution in [0.1, 0.15) is 20.8 Å². The van der Waals surface area contributed by atoms with Crippen molar-refractivity contribution in [1.29, 1.82) is 0 Å². The molecule has 0 radical (unpaired) electrons. The maximum Gasteiger partial charge on any atom is 0.401 e. The first-order valence-corrected chi connectivity index (χ1v) is 5.38. The summed E-state index contributed by atoms with van der Waals surface area (Å²) in [6, 6.07) is 0. The van der Waals surface area contributed by atoms with Gasteiger partial charge in [0.2, 0.25) is 0 Å². The number of rotatable bonds is 7. The van der Waals surface area contributed by atoms with Crippen LogP contribution in [0.25, 0.3) is 0 Å². The molecule has 0 saturated carbocycles. The fraction of sp³-hybridized carbons (Fsp3) is 1.00. The second kappa shape index (κ2) is 7.06. The van der Waals surface area contributed by atoms with Gasteiger partial charge in [-0.3, -0.25) is 4.90 Å². The summed E-state index contributed by atoms with van der Waals surface area (Å²) in [5.41, 5.74) is 0. The van der Waals surface area contributed by atoms with Crippen molar-refractivity contribution in [3.8, 4) is 0 Å². The summed E-state index contributed by atoms with van der Waals surface area (Å²) in [6.07, 6.45) is -4.09. The van der Waals surface area contributed by atoms with Crippen molar-refractivity contribution in [2.45, 2.75) is 26.9 Å². The van der Waals surface area contributed by atoms with Crippen molar-refractivity contribution < 1.29 is 13.2 Å². The summed E-state index contributed by atoms with van der Waals surface area (Å²) in [5.74, 6) is 0.243. The monoisotopic (exact) mass is 226 g/mol. The van der Waals surface area contributed by atoms with E-state index in [4.69, 9.17) is 0 Å². The van der Waals surface area contributed by atoms with E-state index in [2.05, 4.69) is 5.32 Å². The minimum absolute atomic E-state index is 0.243. The van der Waals surface area contributed by atoms with Crippen molar-refractivity contribution in [2.24, 2.45) is 5.92 Å². The molecule has 1 N–H and O–H groups in total. The lowest BCUT2D eigenvalue weighted by Crippen LogP contribution is -2.39. The Labute approximate surface area is 89.8 Å². The molecule has 0 heterocycles. The van der Waals surface area contributed by atoms with Crippen LogP contribution in [0.15, 0.2) is 0 Å². The molecule has 0 aromatic heterocycles. The van der Waals surface area contributed by atoms with E-state index in [0.717, 1.165) is 13.1 Å². The normalized spacial score (nSPS) is 14.6. The van der Waals surface area contributed by atoms with Crippen LogP contribution < -0.4 is 5.32 Å². The quantitative estimate of drug-likeness (QED) is 0.715. The zero-order chi connectivity index (χ0) is 11.9. The molecule has 0 aliphatic carbocycles. The average Bonchev–Trinajstić information content (AvgIpc) is 2.11. The van der Waals surface area contributed by atoms with Gasteiger partial charge in [-0.15, -0.1) is 0 Å². The molecule has 0 spiro atoms. The summed E-state index contributed by atoms with van der Waals surface area (Å²) in [4.78, 5) is 1.43. The van der Waals surface area contributed by atoms with Crippen molar-refractivity contribution in [3.63, 3.8) is 0 Å². The first-order valence-electron chi connectivity index (χ1n) is 5.38. The van der Waals surface area contributed by atoms with Gasteiger partial charge in [0.05, 0.1) is 6.54 Å². The third kappa shape index (κ3) is 8.69. The summed E-state index contributed by atoms with van der Waals surface area (Å²) in [7, 11) is 0. The summed E-state index contributed by atoms with van der Waals surface area (Å²) >= 11 is 0. The largest absolute Gasteiger partial charge is 0.401 e. The van der Waals surface area contributed by atoms with E-state index in [0.29, 0.717) is 13.1 Å². The standard InChI is InChI=1S/C10H21F3N2/c1-4-14-6-9(3)7-15(5-2)8-10(11,12)13/h9,14H,4-8H2,1-3H3. The Hall–Kier alpha value is -0.290. The smallest absolute Gasteiger partial charge is 0.317 e. The SMILES string of the molecule is CCNCC(C)CN(CC)CC(F)(F)F. The Kier molecular flexibility index (Phi) is 6.92. The summed E-state index contributed by atoms with van der Waals surface area (Å²) in [6.45, 7) is 7.45. The second-order valence-corrected chi connectivity index (χ2v) is 3.86. The van der Waals surface area contributed by atoms with Crippen LogP contribution in [0.2, 0.25) is 0 Å². The second-order valence-electron chi connectivity index (χ2n) is 3.86. The predicted molar refractivity (Wildman–Crippen MR) is 55.9 cm³/mol. The molecule has 15 heavy (non-hydrogen) atoms. The van der Waals surface area contributed by atoms with E-state index in [-0.39, 0.29) is 5.92 Å². The van der Waals surface area contributed by atoms with Crippen LogP contribution in [-0.2, 0) is 0 Å². The number of halogens is 3. The Morgan fingerprint density at radius 2 is 1.87 bits per heavy atom. The first kappa shape index (κ1) is 14.7. The Morgan fingerprint density at radius 3 is 2.27 bits per heavy atom. The highest BCUT2D eigenvalue weighted by Crippen LogP contribution is 2.16. The molecule has 2 nitrogen and oxygen atoms in total. The molecule has 1 unspecified atom stereocenters. The van der Waals surface area contributed by atoms with Gasteiger partial charge < -0.3 is 5.32 Å². The molecule has 5 heteroatoms. The summed E-state index contributed by atoms with van der Waals surface area (Å²) < 4.78 is 36.4. The van der Waals surface area contributed by atoms with Crippen LogP contribution in [0.3, 0.4) is 0 Å².